The lowest BCUT2D eigenvalue weighted by Gasteiger charge is -2.11. The van der Waals surface area contributed by atoms with E-state index < -0.39 is 18.4 Å². The molecule has 1 heterocycles. The van der Waals surface area contributed by atoms with E-state index in [1.807, 2.05) is 13.8 Å². The van der Waals surface area contributed by atoms with Crippen LogP contribution in [-0.4, -0.2) is 33.5 Å². The summed E-state index contributed by atoms with van der Waals surface area (Å²) in [5, 5.41) is 10.8. The van der Waals surface area contributed by atoms with Gasteiger partial charge >= 0.3 is 5.97 Å². The van der Waals surface area contributed by atoms with E-state index >= 15 is 0 Å². The maximum atomic E-state index is 11.7. The number of amides is 1. The molecule has 0 aromatic carbocycles. The lowest BCUT2D eigenvalue weighted by atomic mass is 10.0. The minimum Gasteiger partial charge on any atom is -0.480 e. The predicted octanol–water partition coefficient (Wildman–Crippen LogP) is 0.723. The number of carboxylic acid groups (broad SMARTS) is 1. The summed E-state index contributed by atoms with van der Waals surface area (Å²) < 4.78 is 0. The monoisotopic (exact) mass is 237 g/mol. The third-order valence-electron chi connectivity index (χ3n) is 2.13. The summed E-state index contributed by atoms with van der Waals surface area (Å²) in [5.74, 6) is -0.890. The van der Waals surface area contributed by atoms with Crippen molar-refractivity contribution in [3.8, 4) is 0 Å². The van der Waals surface area contributed by atoms with Crippen LogP contribution in [0.4, 0.5) is 0 Å². The van der Waals surface area contributed by atoms with Crippen LogP contribution < -0.4 is 5.32 Å². The highest BCUT2D eigenvalue weighted by molar-refractivity contribution is 5.96. The van der Waals surface area contributed by atoms with Crippen LogP contribution in [0.1, 0.15) is 41.6 Å². The largest absolute Gasteiger partial charge is 0.480 e. The summed E-state index contributed by atoms with van der Waals surface area (Å²) in [4.78, 5) is 30.2. The van der Waals surface area contributed by atoms with Gasteiger partial charge in [0.2, 0.25) is 0 Å². The van der Waals surface area contributed by atoms with Gasteiger partial charge in [0.1, 0.15) is 12.4 Å². The number of rotatable bonds is 4. The fourth-order valence-corrected chi connectivity index (χ4v) is 1.35. The van der Waals surface area contributed by atoms with Gasteiger partial charge in [0.05, 0.1) is 11.3 Å². The quantitative estimate of drug-likeness (QED) is 0.805. The number of hydrogen-bond donors (Lipinski definition) is 2. The van der Waals surface area contributed by atoms with E-state index in [4.69, 9.17) is 5.11 Å². The van der Waals surface area contributed by atoms with Gasteiger partial charge in [-0.2, -0.15) is 0 Å². The fourth-order valence-electron chi connectivity index (χ4n) is 1.35. The number of aliphatic carboxylic acids is 1. The highest BCUT2D eigenvalue weighted by atomic mass is 16.4. The third kappa shape index (κ3) is 3.51. The molecule has 0 saturated carbocycles. The zero-order valence-corrected chi connectivity index (χ0v) is 10.0. The molecule has 1 aromatic rings. The molecule has 0 aliphatic rings. The third-order valence-corrected chi connectivity index (χ3v) is 2.13. The van der Waals surface area contributed by atoms with Gasteiger partial charge in [0.25, 0.3) is 5.91 Å². The van der Waals surface area contributed by atoms with Crippen LogP contribution in [0, 0.1) is 6.92 Å². The lowest BCUT2D eigenvalue weighted by Crippen LogP contribution is -2.30. The van der Waals surface area contributed by atoms with Gasteiger partial charge in [-0.25, -0.2) is 9.97 Å². The van der Waals surface area contributed by atoms with Gasteiger partial charge in [-0.05, 0) is 12.8 Å². The first kappa shape index (κ1) is 13.1. The molecule has 6 heteroatoms. The predicted molar refractivity (Wildman–Crippen MR) is 60.8 cm³/mol. The van der Waals surface area contributed by atoms with Crippen molar-refractivity contribution in [3.05, 3.63) is 23.3 Å². The summed E-state index contributed by atoms with van der Waals surface area (Å²) in [7, 11) is 0. The Hall–Kier alpha value is -1.98. The highest BCUT2D eigenvalue weighted by Gasteiger charge is 2.16. The molecule has 0 unspecified atom stereocenters. The van der Waals surface area contributed by atoms with E-state index in [0.29, 0.717) is 17.1 Å². The molecule has 2 N–H and O–H groups in total. The van der Waals surface area contributed by atoms with Crippen molar-refractivity contribution in [1.82, 2.24) is 15.3 Å². The molecule has 1 amide bonds. The van der Waals surface area contributed by atoms with E-state index in [1.54, 1.807) is 6.92 Å². The molecule has 0 bridgehead atoms. The molecular formula is C11H15N3O3. The Bertz CT molecular complexity index is 444. The van der Waals surface area contributed by atoms with Crippen LogP contribution >= 0.6 is 0 Å². The minimum absolute atomic E-state index is 0.0716. The SMILES string of the molecule is Cc1ncc(C(=O)NCC(=O)O)c(C(C)C)n1. The average molecular weight is 237 g/mol. The summed E-state index contributed by atoms with van der Waals surface area (Å²) in [5.41, 5.74) is 0.951. The van der Waals surface area contributed by atoms with Gasteiger partial charge in [-0.3, -0.25) is 9.59 Å². The van der Waals surface area contributed by atoms with Crippen LogP contribution in [0.2, 0.25) is 0 Å². The molecule has 1 rings (SSSR count). The van der Waals surface area contributed by atoms with E-state index in [9.17, 15) is 9.59 Å². The lowest BCUT2D eigenvalue weighted by molar-refractivity contribution is -0.135. The molecule has 0 radical (unpaired) electrons. The standard InChI is InChI=1S/C11H15N3O3/c1-6(2)10-8(4-12-7(3)14-10)11(17)13-5-9(15)16/h4,6H,5H2,1-3H3,(H,13,17)(H,15,16). The number of carboxylic acids is 1. The van der Waals surface area contributed by atoms with Crippen molar-refractivity contribution in [2.24, 2.45) is 0 Å². The van der Waals surface area contributed by atoms with Crippen molar-refractivity contribution in [2.45, 2.75) is 26.7 Å². The van der Waals surface area contributed by atoms with Gasteiger partial charge in [-0.1, -0.05) is 13.8 Å². The normalized spacial score (nSPS) is 10.4. The zero-order chi connectivity index (χ0) is 13.0. The Morgan fingerprint density at radius 3 is 2.65 bits per heavy atom. The van der Waals surface area contributed by atoms with Crippen LogP contribution in [0.25, 0.3) is 0 Å². The molecule has 0 aliphatic heterocycles. The molecule has 0 fully saturated rings. The molecular weight excluding hydrogens is 222 g/mol. The number of nitrogens with one attached hydrogen (secondary N) is 1. The van der Waals surface area contributed by atoms with E-state index in [1.165, 1.54) is 6.20 Å². The second-order valence-electron chi connectivity index (χ2n) is 3.95. The molecule has 6 nitrogen and oxygen atoms in total. The van der Waals surface area contributed by atoms with Gasteiger partial charge < -0.3 is 10.4 Å². The Labute approximate surface area is 99.1 Å². The van der Waals surface area contributed by atoms with Crippen molar-refractivity contribution in [1.29, 1.82) is 0 Å². The summed E-state index contributed by atoms with van der Waals surface area (Å²) >= 11 is 0. The van der Waals surface area contributed by atoms with Gasteiger partial charge in [0, 0.05) is 6.20 Å². The number of hydrogen-bond acceptors (Lipinski definition) is 4. The Morgan fingerprint density at radius 1 is 1.47 bits per heavy atom. The smallest absolute Gasteiger partial charge is 0.322 e. The Kier molecular flexibility index (Phi) is 4.14. The van der Waals surface area contributed by atoms with Gasteiger partial charge in [-0.15, -0.1) is 0 Å². The molecule has 17 heavy (non-hydrogen) atoms. The number of nitrogens with zero attached hydrogens (tertiary/aromatic N) is 2. The van der Waals surface area contributed by atoms with E-state index in [0.717, 1.165) is 0 Å². The topological polar surface area (TPSA) is 92.2 Å². The van der Waals surface area contributed by atoms with Crippen LogP contribution in [0.3, 0.4) is 0 Å². The molecule has 1 aromatic heterocycles. The summed E-state index contributed by atoms with van der Waals surface area (Å²) in [6.45, 7) is 5.15. The molecule has 0 aliphatic carbocycles. The zero-order valence-electron chi connectivity index (χ0n) is 10.0. The first-order valence-corrected chi connectivity index (χ1v) is 5.25. The van der Waals surface area contributed by atoms with Crippen molar-refractivity contribution < 1.29 is 14.7 Å². The number of aryl methyl sites for hydroxylation is 1. The average Bonchev–Trinajstić information content (AvgIpc) is 2.25. The summed E-state index contributed by atoms with van der Waals surface area (Å²) in [6.07, 6.45) is 1.43. The molecule has 0 spiro atoms. The van der Waals surface area contributed by atoms with Crippen molar-refractivity contribution >= 4 is 11.9 Å². The molecule has 0 saturated heterocycles. The number of carbonyl (C=O) groups is 2. The number of aromatic nitrogens is 2. The molecule has 0 atom stereocenters. The fraction of sp³-hybridized carbons (Fsp3) is 0.455. The van der Waals surface area contributed by atoms with E-state index in [2.05, 4.69) is 15.3 Å². The minimum atomic E-state index is -1.09. The van der Waals surface area contributed by atoms with Crippen LogP contribution in [0.5, 0.6) is 0 Å². The van der Waals surface area contributed by atoms with Crippen molar-refractivity contribution in [3.63, 3.8) is 0 Å². The van der Waals surface area contributed by atoms with Crippen LogP contribution in [-0.2, 0) is 4.79 Å². The Balaban J connectivity index is 2.96. The number of carbonyl (C=O) groups excluding carboxylic acids is 1. The summed E-state index contributed by atoms with van der Waals surface area (Å²) in [6, 6.07) is 0. The maximum Gasteiger partial charge on any atom is 0.322 e. The van der Waals surface area contributed by atoms with Crippen LogP contribution in [0.15, 0.2) is 6.20 Å². The van der Waals surface area contributed by atoms with Gasteiger partial charge in [0.15, 0.2) is 0 Å². The second-order valence-corrected chi connectivity index (χ2v) is 3.95. The first-order chi connectivity index (χ1) is 7.91. The Morgan fingerprint density at radius 2 is 2.12 bits per heavy atom. The van der Waals surface area contributed by atoms with Crippen molar-refractivity contribution in [2.75, 3.05) is 6.54 Å². The molecule has 92 valence electrons. The van der Waals surface area contributed by atoms with E-state index in [-0.39, 0.29) is 5.92 Å². The highest BCUT2D eigenvalue weighted by Crippen LogP contribution is 2.16. The maximum absolute atomic E-state index is 11.7. The first-order valence-electron chi connectivity index (χ1n) is 5.25. The second kappa shape index (κ2) is 5.38.